The largest absolute Gasteiger partial charge is 0.444 e. The Hall–Kier alpha value is -4.13. The number of carbonyl (C=O) groups is 3. The van der Waals surface area contributed by atoms with Gasteiger partial charge in [-0.3, -0.25) is 9.59 Å². The van der Waals surface area contributed by atoms with Crippen molar-refractivity contribution in [3.8, 4) is 0 Å². The molecule has 0 saturated carbocycles. The minimum absolute atomic E-state index is 0.303. The van der Waals surface area contributed by atoms with Crippen LogP contribution in [0.4, 0.5) is 10.5 Å². The highest BCUT2D eigenvalue weighted by molar-refractivity contribution is 6.00. The van der Waals surface area contributed by atoms with E-state index in [9.17, 15) is 14.4 Å². The van der Waals surface area contributed by atoms with Crippen molar-refractivity contribution >= 4 is 40.4 Å². The molecule has 3 aromatic carbocycles. The van der Waals surface area contributed by atoms with Crippen molar-refractivity contribution in [2.24, 2.45) is 5.92 Å². The van der Waals surface area contributed by atoms with Gasteiger partial charge in [0.25, 0.3) is 5.91 Å². The fourth-order valence-electron chi connectivity index (χ4n) is 4.85. The second-order valence-electron chi connectivity index (χ2n) is 12.3. The first-order valence-corrected chi connectivity index (χ1v) is 14.6. The molecule has 7 nitrogen and oxygen atoms in total. The van der Waals surface area contributed by atoms with E-state index in [0.717, 1.165) is 22.8 Å². The molecule has 3 amide bonds. The summed E-state index contributed by atoms with van der Waals surface area (Å²) in [6, 6.07) is 18.9. The number of hydrogen-bond acceptors (Lipinski definition) is 4. The molecular formula is C35H45N3O4. The van der Waals surface area contributed by atoms with E-state index in [1.165, 1.54) is 0 Å². The molecule has 0 aliphatic carbocycles. The zero-order chi connectivity index (χ0) is 31.0. The molecule has 0 saturated heterocycles. The van der Waals surface area contributed by atoms with Crippen molar-refractivity contribution in [3.05, 3.63) is 84.4 Å². The quantitative estimate of drug-likeness (QED) is 0.247. The smallest absolute Gasteiger partial charge is 0.408 e. The number of nitrogens with one attached hydrogen (secondary N) is 2. The molecule has 0 heterocycles. The Morgan fingerprint density at radius 1 is 0.905 bits per heavy atom. The van der Waals surface area contributed by atoms with E-state index in [2.05, 4.69) is 31.1 Å². The third-order valence-electron chi connectivity index (χ3n) is 7.00. The molecule has 2 N–H and O–H groups in total. The fraction of sp³-hybridized carbons (Fsp3) is 0.400. The molecule has 0 bridgehead atoms. The standard InChI is InChI=1S/C35H45N3O4/c1-9-26-13-12-16-29(21-26)31(32(39)37-30-20-19-27-14-10-11-15-28(27)22-30)38(24(4)18-17-23(2)3)33(40)25(5)36-34(41)42-35(6,7)8/h9-16,19-25,31H,1,17-18H2,2-8H3,(H,36,41)(H,37,39). The van der Waals surface area contributed by atoms with E-state index < -0.39 is 23.8 Å². The minimum Gasteiger partial charge on any atom is -0.444 e. The molecule has 0 spiro atoms. The van der Waals surface area contributed by atoms with Gasteiger partial charge in [-0.15, -0.1) is 0 Å². The van der Waals surface area contributed by atoms with Crippen molar-refractivity contribution < 1.29 is 19.1 Å². The van der Waals surface area contributed by atoms with E-state index in [0.29, 0.717) is 23.6 Å². The number of nitrogens with zero attached hydrogens (tertiary/aromatic N) is 1. The monoisotopic (exact) mass is 571 g/mol. The summed E-state index contributed by atoms with van der Waals surface area (Å²) in [7, 11) is 0. The van der Waals surface area contributed by atoms with Crippen LogP contribution in [-0.2, 0) is 14.3 Å². The van der Waals surface area contributed by atoms with Crippen LogP contribution in [0.15, 0.2) is 73.3 Å². The summed E-state index contributed by atoms with van der Waals surface area (Å²) in [5.41, 5.74) is 1.40. The van der Waals surface area contributed by atoms with Gasteiger partial charge in [0.15, 0.2) is 0 Å². The first-order valence-electron chi connectivity index (χ1n) is 14.6. The van der Waals surface area contributed by atoms with Gasteiger partial charge >= 0.3 is 6.09 Å². The molecule has 3 unspecified atom stereocenters. The summed E-state index contributed by atoms with van der Waals surface area (Å²) in [4.78, 5) is 42.6. The zero-order valence-electron chi connectivity index (χ0n) is 25.9. The molecule has 0 aliphatic heterocycles. The predicted molar refractivity (Wildman–Crippen MR) is 171 cm³/mol. The summed E-state index contributed by atoms with van der Waals surface area (Å²) in [6.45, 7) is 17.0. The van der Waals surface area contributed by atoms with Crippen LogP contribution in [0, 0.1) is 5.92 Å². The second-order valence-corrected chi connectivity index (χ2v) is 12.3. The first kappa shape index (κ1) is 32.4. The van der Waals surface area contributed by atoms with Gasteiger partial charge < -0.3 is 20.3 Å². The Morgan fingerprint density at radius 2 is 1.60 bits per heavy atom. The normalized spacial score (nSPS) is 13.6. The molecule has 3 atom stereocenters. The van der Waals surface area contributed by atoms with Gasteiger partial charge in [-0.1, -0.05) is 75.0 Å². The summed E-state index contributed by atoms with van der Waals surface area (Å²) in [5.74, 6) is -0.309. The third-order valence-corrected chi connectivity index (χ3v) is 7.00. The Bertz CT molecular complexity index is 1410. The van der Waals surface area contributed by atoms with Crippen LogP contribution in [0.3, 0.4) is 0 Å². The molecule has 7 heteroatoms. The van der Waals surface area contributed by atoms with E-state index >= 15 is 0 Å². The SMILES string of the molecule is C=Cc1cccc(C(C(=O)Nc2ccc3ccccc3c2)N(C(=O)C(C)NC(=O)OC(C)(C)C)C(C)CCC(C)C)c1. The molecule has 3 rings (SSSR count). The van der Waals surface area contributed by atoms with Gasteiger partial charge in [-0.25, -0.2) is 4.79 Å². The van der Waals surface area contributed by atoms with Gasteiger partial charge in [0.2, 0.25) is 5.91 Å². The van der Waals surface area contributed by atoms with Crippen LogP contribution in [0.25, 0.3) is 16.8 Å². The van der Waals surface area contributed by atoms with Crippen LogP contribution >= 0.6 is 0 Å². The van der Waals surface area contributed by atoms with Gasteiger partial charge in [0.05, 0.1) is 0 Å². The van der Waals surface area contributed by atoms with Crippen LogP contribution in [0.2, 0.25) is 0 Å². The van der Waals surface area contributed by atoms with Crippen molar-refractivity contribution in [2.75, 3.05) is 5.32 Å². The lowest BCUT2D eigenvalue weighted by Crippen LogP contribution is -2.54. The third kappa shape index (κ3) is 8.93. The molecule has 224 valence electrons. The lowest BCUT2D eigenvalue weighted by atomic mass is 9.96. The average molecular weight is 572 g/mol. The van der Waals surface area contributed by atoms with Crippen molar-refractivity contribution in [1.82, 2.24) is 10.2 Å². The summed E-state index contributed by atoms with van der Waals surface area (Å²) in [5, 5.41) is 7.80. The number of ether oxygens (including phenoxy) is 1. The first-order chi connectivity index (χ1) is 19.8. The molecule has 3 aromatic rings. The minimum atomic E-state index is -0.964. The van der Waals surface area contributed by atoms with E-state index in [-0.39, 0.29) is 17.9 Å². The number of carbonyl (C=O) groups excluding carboxylic acids is 3. The van der Waals surface area contributed by atoms with Crippen LogP contribution < -0.4 is 10.6 Å². The molecule has 0 aliphatic rings. The number of benzene rings is 3. The Kier molecular flexibility index (Phi) is 10.9. The van der Waals surface area contributed by atoms with Gasteiger partial charge in [-0.2, -0.15) is 0 Å². The van der Waals surface area contributed by atoms with E-state index in [4.69, 9.17) is 4.74 Å². The topological polar surface area (TPSA) is 87.7 Å². The van der Waals surface area contributed by atoms with E-state index in [1.807, 2.05) is 73.7 Å². The lowest BCUT2D eigenvalue weighted by Gasteiger charge is -2.38. The van der Waals surface area contributed by atoms with E-state index in [1.54, 1.807) is 38.7 Å². The van der Waals surface area contributed by atoms with Crippen LogP contribution in [0.5, 0.6) is 0 Å². The summed E-state index contributed by atoms with van der Waals surface area (Å²) >= 11 is 0. The zero-order valence-corrected chi connectivity index (χ0v) is 25.9. The number of amides is 3. The van der Waals surface area contributed by atoms with Gasteiger partial charge in [-0.05, 0) is 93.5 Å². The van der Waals surface area contributed by atoms with Crippen molar-refractivity contribution in [1.29, 1.82) is 0 Å². The predicted octanol–water partition coefficient (Wildman–Crippen LogP) is 7.73. The summed E-state index contributed by atoms with van der Waals surface area (Å²) in [6.07, 6.45) is 2.57. The molecular weight excluding hydrogens is 526 g/mol. The number of fused-ring (bicyclic) bond motifs is 1. The fourth-order valence-corrected chi connectivity index (χ4v) is 4.85. The van der Waals surface area contributed by atoms with Gasteiger partial charge in [0.1, 0.15) is 17.7 Å². The number of hydrogen-bond donors (Lipinski definition) is 2. The van der Waals surface area contributed by atoms with Crippen LogP contribution in [-0.4, -0.2) is 40.5 Å². The summed E-state index contributed by atoms with van der Waals surface area (Å²) < 4.78 is 5.40. The maximum Gasteiger partial charge on any atom is 0.408 e. The molecule has 0 radical (unpaired) electrons. The van der Waals surface area contributed by atoms with Gasteiger partial charge in [0, 0.05) is 11.7 Å². The molecule has 0 fully saturated rings. The Balaban J connectivity index is 2.05. The maximum absolute atomic E-state index is 14.2. The Morgan fingerprint density at radius 3 is 2.24 bits per heavy atom. The average Bonchev–Trinajstić information content (AvgIpc) is 2.92. The maximum atomic E-state index is 14.2. The number of anilines is 1. The number of alkyl carbamates (subject to hydrolysis) is 1. The molecule has 0 aromatic heterocycles. The number of rotatable bonds is 11. The van der Waals surface area contributed by atoms with Crippen molar-refractivity contribution in [3.63, 3.8) is 0 Å². The highest BCUT2D eigenvalue weighted by atomic mass is 16.6. The van der Waals surface area contributed by atoms with Crippen LogP contribution in [0.1, 0.15) is 78.5 Å². The Labute approximate surface area is 250 Å². The highest BCUT2D eigenvalue weighted by Gasteiger charge is 2.37. The lowest BCUT2D eigenvalue weighted by molar-refractivity contribution is -0.143. The van der Waals surface area contributed by atoms with Crippen molar-refractivity contribution in [2.45, 2.75) is 85.0 Å². The highest BCUT2D eigenvalue weighted by Crippen LogP contribution is 2.30. The molecule has 42 heavy (non-hydrogen) atoms. The second kappa shape index (κ2) is 14.2.